The Balaban J connectivity index is 2.77. The molecule has 0 aromatic heterocycles. The van der Waals surface area contributed by atoms with Crippen molar-refractivity contribution >= 4 is 23.2 Å². The van der Waals surface area contributed by atoms with Crippen molar-refractivity contribution in [3.63, 3.8) is 0 Å². The summed E-state index contributed by atoms with van der Waals surface area (Å²) >= 11 is 5.71. The lowest BCUT2D eigenvalue weighted by atomic mass is 10.2. The lowest BCUT2D eigenvalue weighted by Crippen LogP contribution is -2.42. The van der Waals surface area contributed by atoms with Gasteiger partial charge in [0.2, 0.25) is 5.91 Å². The third-order valence-corrected chi connectivity index (χ3v) is 2.62. The fourth-order valence-corrected chi connectivity index (χ4v) is 1.47. The van der Waals surface area contributed by atoms with Gasteiger partial charge in [-0.3, -0.25) is 9.69 Å². The third kappa shape index (κ3) is 3.59. The van der Waals surface area contributed by atoms with Gasteiger partial charge in [0, 0.05) is 5.69 Å². The number of rotatable bonds is 4. The molecule has 0 aliphatic heterocycles. The van der Waals surface area contributed by atoms with E-state index in [2.05, 4.69) is 5.32 Å². The van der Waals surface area contributed by atoms with Gasteiger partial charge in [0.05, 0.1) is 11.6 Å². The van der Waals surface area contributed by atoms with Crippen molar-refractivity contribution in [3.05, 3.63) is 23.2 Å². The van der Waals surface area contributed by atoms with Gasteiger partial charge in [0.15, 0.2) is 0 Å². The lowest BCUT2D eigenvalue weighted by molar-refractivity contribution is -0.121. The maximum atomic E-state index is 11.8. The van der Waals surface area contributed by atoms with Crippen molar-refractivity contribution in [2.24, 2.45) is 0 Å². The van der Waals surface area contributed by atoms with Crippen LogP contribution in [0.5, 0.6) is 5.75 Å². The van der Waals surface area contributed by atoms with Gasteiger partial charge in [-0.2, -0.15) is 0 Å². The van der Waals surface area contributed by atoms with Crippen LogP contribution in [-0.4, -0.2) is 47.8 Å². The highest BCUT2D eigenvalue weighted by atomic mass is 35.5. The minimum absolute atomic E-state index is 0.0454. The van der Waals surface area contributed by atoms with Crippen LogP contribution in [0.3, 0.4) is 0 Å². The summed E-state index contributed by atoms with van der Waals surface area (Å²) in [6.07, 6.45) is 0. The molecule has 0 bridgehead atoms. The number of phenolic OH excluding ortho intramolecular Hbond substituents is 1. The summed E-state index contributed by atoms with van der Waals surface area (Å²) in [5.74, 6) is -0.379. The van der Waals surface area contributed by atoms with Crippen LogP contribution in [-0.2, 0) is 4.79 Å². The molecule has 0 saturated carbocycles. The number of carbonyl (C=O) groups is 1. The van der Waals surface area contributed by atoms with Crippen molar-refractivity contribution in [1.82, 2.24) is 4.90 Å². The monoisotopic (exact) mass is 258 g/mol. The topological polar surface area (TPSA) is 72.8 Å². The third-order valence-electron chi connectivity index (χ3n) is 2.31. The molecule has 0 aliphatic rings. The van der Waals surface area contributed by atoms with Crippen LogP contribution in [0.15, 0.2) is 18.2 Å². The molecular formula is C11H15ClN2O3. The number of aliphatic hydroxyl groups is 1. The van der Waals surface area contributed by atoms with Crippen LogP contribution in [0, 0.1) is 0 Å². The zero-order valence-electron chi connectivity index (χ0n) is 9.64. The van der Waals surface area contributed by atoms with Crippen LogP contribution in [0.4, 0.5) is 5.69 Å². The van der Waals surface area contributed by atoms with Gasteiger partial charge in [-0.25, -0.2) is 0 Å². The van der Waals surface area contributed by atoms with E-state index in [-0.39, 0.29) is 23.3 Å². The molecule has 0 heterocycles. The molecule has 1 rings (SSSR count). The van der Waals surface area contributed by atoms with Gasteiger partial charge in [-0.1, -0.05) is 11.6 Å². The van der Waals surface area contributed by atoms with E-state index in [9.17, 15) is 9.90 Å². The number of carbonyl (C=O) groups excluding carboxylic acids is 1. The van der Waals surface area contributed by atoms with Crippen LogP contribution >= 0.6 is 11.6 Å². The molecule has 0 unspecified atom stereocenters. The fourth-order valence-electron chi connectivity index (χ4n) is 1.29. The molecular weight excluding hydrogens is 244 g/mol. The van der Waals surface area contributed by atoms with Crippen molar-refractivity contribution < 1.29 is 15.0 Å². The van der Waals surface area contributed by atoms with E-state index in [0.29, 0.717) is 5.69 Å². The van der Waals surface area contributed by atoms with Gasteiger partial charge >= 0.3 is 0 Å². The summed E-state index contributed by atoms with van der Waals surface area (Å²) in [4.78, 5) is 13.4. The number of hydrogen-bond donors (Lipinski definition) is 3. The van der Waals surface area contributed by atoms with E-state index < -0.39 is 6.04 Å². The van der Waals surface area contributed by atoms with E-state index in [4.69, 9.17) is 16.7 Å². The first-order valence-electron chi connectivity index (χ1n) is 5.02. The number of nitrogens with one attached hydrogen (secondary N) is 1. The predicted molar refractivity (Wildman–Crippen MR) is 66.3 cm³/mol. The quantitative estimate of drug-likeness (QED) is 0.702. The zero-order chi connectivity index (χ0) is 13.0. The number of phenols is 1. The molecule has 0 spiro atoms. The largest absolute Gasteiger partial charge is 0.506 e. The number of likely N-dealkylation sites (N-methyl/N-ethyl adjacent to an activating group) is 1. The number of benzene rings is 1. The summed E-state index contributed by atoms with van der Waals surface area (Å²) in [7, 11) is 3.40. The van der Waals surface area contributed by atoms with E-state index in [1.807, 2.05) is 0 Å². The summed E-state index contributed by atoms with van der Waals surface area (Å²) in [5.41, 5.74) is 0.470. The minimum atomic E-state index is -0.623. The van der Waals surface area contributed by atoms with Crippen molar-refractivity contribution in [2.75, 3.05) is 26.0 Å². The standard InChI is InChI=1S/C11H15ClN2O3/c1-14(2)9(6-15)11(17)13-7-3-4-10(16)8(12)5-7/h3-5,9,15-16H,6H2,1-2H3,(H,13,17)/t9-/m1/s1. The minimum Gasteiger partial charge on any atom is -0.506 e. The Hall–Kier alpha value is -1.30. The molecule has 0 saturated heterocycles. The zero-order valence-corrected chi connectivity index (χ0v) is 10.4. The summed E-state index contributed by atoms with van der Waals surface area (Å²) in [5, 5.41) is 21.1. The first-order valence-corrected chi connectivity index (χ1v) is 5.40. The normalized spacial score (nSPS) is 12.5. The van der Waals surface area contributed by atoms with Crippen molar-refractivity contribution in [3.8, 4) is 5.75 Å². The lowest BCUT2D eigenvalue weighted by Gasteiger charge is -2.21. The Morgan fingerprint density at radius 2 is 2.18 bits per heavy atom. The molecule has 6 heteroatoms. The van der Waals surface area contributed by atoms with Gasteiger partial charge in [0.25, 0.3) is 0 Å². The van der Waals surface area contributed by atoms with E-state index in [1.165, 1.54) is 18.2 Å². The molecule has 0 radical (unpaired) electrons. The summed E-state index contributed by atoms with van der Waals surface area (Å²) in [6, 6.07) is 3.74. The molecule has 1 aromatic rings. The summed E-state index contributed by atoms with van der Waals surface area (Å²) < 4.78 is 0. The number of hydrogen-bond acceptors (Lipinski definition) is 4. The number of anilines is 1. The maximum Gasteiger partial charge on any atom is 0.244 e. The van der Waals surface area contributed by atoms with Crippen LogP contribution < -0.4 is 5.32 Å². The highest BCUT2D eigenvalue weighted by Crippen LogP contribution is 2.26. The average Bonchev–Trinajstić information content (AvgIpc) is 2.24. The average molecular weight is 259 g/mol. The van der Waals surface area contributed by atoms with Gasteiger partial charge in [0.1, 0.15) is 11.8 Å². The van der Waals surface area contributed by atoms with Gasteiger partial charge in [-0.15, -0.1) is 0 Å². The highest BCUT2D eigenvalue weighted by Gasteiger charge is 2.19. The molecule has 94 valence electrons. The Labute approximate surface area is 105 Å². The van der Waals surface area contributed by atoms with E-state index in [1.54, 1.807) is 19.0 Å². The van der Waals surface area contributed by atoms with Gasteiger partial charge < -0.3 is 15.5 Å². The maximum absolute atomic E-state index is 11.8. The second-order valence-electron chi connectivity index (χ2n) is 3.82. The molecule has 1 amide bonds. The van der Waals surface area contributed by atoms with Gasteiger partial charge in [-0.05, 0) is 32.3 Å². The Bertz CT molecular complexity index is 410. The number of aliphatic hydroxyl groups excluding tert-OH is 1. The molecule has 3 N–H and O–H groups in total. The molecule has 0 fully saturated rings. The number of halogens is 1. The second-order valence-corrected chi connectivity index (χ2v) is 4.22. The van der Waals surface area contributed by atoms with Crippen molar-refractivity contribution in [2.45, 2.75) is 6.04 Å². The van der Waals surface area contributed by atoms with Crippen LogP contribution in [0.2, 0.25) is 5.02 Å². The Kier molecular flexibility index (Phi) is 4.74. The van der Waals surface area contributed by atoms with E-state index in [0.717, 1.165) is 0 Å². The second kappa shape index (κ2) is 5.86. The first kappa shape index (κ1) is 13.8. The van der Waals surface area contributed by atoms with Crippen molar-refractivity contribution in [1.29, 1.82) is 0 Å². The molecule has 1 aromatic carbocycles. The number of aromatic hydroxyl groups is 1. The molecule has 1 atom stereocenters. The molecule has 5 nitrogen and oxygen atoms in total. The molecule has 0 aliphatic carbocycles. The number of nitrogens with zero attached hydrogens (tertiary/aromatic N) is 1. The molecule has 17 heavy (non-hydrogen) atoms. The predicted octanol–water partition coefficient (Wildman–Crippen LogP) is 0.907. The fraction of sp³-hybridized carbons (Fsp3) is 0.364. The summed E-state index contributed by atoms with van der Waals surface area (Å²) in [6.45, 7) is -0.273. The smallest absolute Gasteiger partial charge is 0.244 e. The number of amides is 1. The Morgan fingerprint density at radius 3 is 2.65 bits per heavy atom. The Morgan fingerprint density at radius 1 is 1.53 bits per heavy atom. The SMILES string of the molecule is CN(C)[C@H](CO)C(=O)Nc1ccc(O)c(Cl)c1. The first-order chi connectivity index (χ1) is 7.95. The van der Waals surface area contributed by atoms with Crippen LogP contribution in [0.1, 0.15) is 0 Å². The highest BCUT2D eigenvalue weighted by molar-refractivity contribution is 6.32. The van der Waals surface area contributed by atoms with Crippen LogP contribution in [0.25, 0.3) is 0 Å². The van der Waals surface area contributed by atoms with E-state index >= 15 is 0 Å².